The summed E-state index contributed by atoms with van der Waals surface area (Å²) >= 11 is 0. The van der Waals surface area contributed by atoms with Crippen LogP contribution in [0.2, 0.25) is 0 Å². The average Bonchev–Trinajstić information content (AvgIpc) is 3.12. The van der Waals surface area contributed by atoms with Crippen molar-refractivity contribution < 1.29 is 19.4 Å². The Bertz CT molecular complexity index is 920. The van der Waals surface area contributed by atoms with Crippen LogP contribution in [0.15, 0.2) is 48.7 Å². The molecule has 2 heterocycles. The van der Waals surface area contributed by atoms with Crippen molar-refractivity contribution >= 4 is 17.6 Å². The van der Waals surface area contributed by atoms with Crippen LogP contribution in [0.1, 0.15) is 21.0 Å². The molecule has 0 spiro atoms. The lowest BCUT2D eigenvalue weighted by atomic mass is 10.2. The predicted octanol–water partition coefficient (Wildman–Crippen LogP) is 1.62. The van der Waals surface area contributed by atoms with Crippen LogP contribution in [0, 0.1) is 0 Å². The number of aromatic nitrogens is 4. The molecule has 126 valence electrons. The number of carboxylic acids is 1. The molecule has 0 unspecified atom stereocenters. The fourth-order valence-corrected chi connectivity index (χ4v) is 2.05. The zero-order chi connectivity index (χ0) is 17.8. The molecule has 0 saturated heterocycles. The summed E-state index contributed by atoms with van der Waals surface area (Å²) in [5, 5.41) is 23.1. The number of anilines is 1. The highest BCUT2D eigenvalue weighted by Crippen LogP contribution is 2.15. The van der Waals surface area contributed by atoms with Crippen LogP contribution in [0.3, 0.4) is 0 Å². The molecular weight excluding hydrogens is 326 g/mol. The number of methoxy groups -OCH3 is 1. The summed E-state index contributed by atoms with van der Waals surface area (Å²) in [7, 11) is 1.46. The number of hydrogen-bond donors (Lipinski definition) is 2. The summed E-state index contributed by atoms with van der Waals surface area (Å²) in [6.45, 7) is 0. The second-order valence-electron chi connectivity index (χ2n) is 4.92. The highest BCUT2D eigenvalue weighted by molar-refractivity contribution is 6.02. The van der Waals surface area contributed by atoms with Crippen molar-refractivity contribution in [3.05, 3.63) is 60.0 Å². The Labute approximate surface area is 141 Å². The molecular formula is C16H13N5O4. The van der Waals surface area contributed by atoms with E-state index in [0.717, 1.165) is 0 Å². The number of carbonyl (C=O) groups excluding carboxylic acids is 1. The van der Waals surface area contributed by atoms with Gasteiger partial charge in [-0.2, -0.15) is 5.10 Å². The van der Waals surface area contributed by atoms with Gasteiger partial charge in [-0.25, -0.2) is 9.48 Å². The number of carbonyl (C=O) groups is 2. The Kier molecular flexibility index (Phi) is 4.38. The van der Waals surface area contributed by atoms with E-state index < -0.39 is 11.9 Å². The third kappa shape index (κ3) is 3.61. The number of nitrogens with zero attached hydrogens (tertiary/aromatic N) is 4. The van der Waals surface area contributed by atoms with Crippen LogP contribution in [-0.2, 0) is 0 Å². The molecule has 0 radical (unpaired) electrons. The normalized spacial score (nSPS) is 10.3. The third-order valence-corrected chi connectivity index (χ3v) is 3.26. The van der Waals surface area contributed by atoms with Gasteiger partial charge in [-0.05, 0) is 30.3 Å². The average molecular weight is 339 g/mol. The number of rotatable bonds is 5. The fraction of sp³-hybridized carbons (Fsp3) is 0.0625. The largest absolute Gasteiger partial charge is 0.480 e. The molecule has 1 aromatic carbocycles. The third-order valence-electron chi connectivity index (χ3n) is 3.26. The SMILES string of the molecule is COc1ccc(C(=O)Nc2cccc(-n3ccc(C(=O)O)n3)c2)nn1. The zero-order valence-corrected chi connectivity index (χ0v) is 13.1. The van der Waals surface area contributed by atoms with Gasteiger partial charge in [0.15, 0.2) is 11.4 Å². The van der Waals surface area contributed by atoms with Crippen LogP contribution in [0.5, 0.6) is 5.88 Å². The van der Waals surface area contributed by atoms with E-state index in [-0.39, 0.29) is 11.4 Å². The first-order chi connectivity index (χ1) is 12.1. The Morgan fingerprint density at radius 1 is 1.12 bits per heavy atom. The molecule has 9 heteroatoms. The van der Waals surface area contributed by atoms with Gasteiger partial charge in [0.1, 0.15) is 0 Å². The zero-order valence-electron chi connectivity index (χ0n) is 13.1. The van der Waals surface area contributed by atoms with E-state index in [4.69, 9.17) is 9.84 Å². The Morgan fingerprint density at radius 2 is 1.96 bits per heavy atom. The van der Waals surface area contributed by atoms with Crippen molar-refractivity contribution in [2.75, 3.05) is 12.4 Å². The number of nitrogens with one attached hydrogen (secondary N) is 1. The molecule has 0 atom stereocenters. The van der Waals surface area contributed by atoms with Crippen LogP contribution in [0.4, 0.5) is 5.69 Å². The standard InChI is InChI=1S/C16H13N5O4/c1-25-14-6-5-12(18-19-14)15(22)17-10-3-2-4-11(9-10)21-8-7-13(20-21)16(23)24/h2-9H,1H3,(H,17,22)(H,23,24). The fourth-order valence-electron chi connectivity index (χ4n) is 2.05. The van der Waals surface area contributed by atoms with E-state index in [2.05, 4.69) is 20.6 Å². The van der Waals surface area contributed by atoms with Crippen molar-refractivity contribution in [2.45, 2.75) is 0 Å². The summed E-state index contributed by atoms with van der Waals surface area (Å²) in [6, 6.07) is 11.2. The molecule has 25 heavy (non-hydrogen) atoms. The predicted molar refractivity (Wildman–Crippen MR) is 87.1 cm³/mol. The Morgan fingerprint density at radius 3 is 2.60 bits per heavy atom. The van der Waals surface area contributed by atoms with Crippen LogP contribution in [-0.4, -0.2) is 44.1 Å². The minimum absolute atomic E-state index is 0.0667. The second kappa shape index (κ2) is 6.79. The van der Waals surface area contributed by atoms with E-state index >= 15 is 0 Å². The minimum Gasteiger partial charge on any atom is -0.480 e. The van der Waals surface area contributed by atoms with Crippen molar-refractivity contribution in [1.82, 2.24) is 20.0 Å². The maximum atomic E-state index is 12.2. The van der Waals surface area contributed by atoms with Gasteiger partial charge >= 0.3 is 5.97 Å². The summed E-state index contributed by atoms with van der Waals surface area (Å²) in [4.78, 5) is 23.1. The maximum Gasteiger partial charge on any atom is 0.356 e. The minimum atomic E-state index is -1.11. The molecule has 3 rings (SSSR count). The van der Waals surface area contributed by atoms with Crippen LogP contribution in [0.25, 0.3) is 5.69 Å². The molecule has 0 fully saturated rings. The van der Waals surface area contributed by atoms with Gasteiger partial charge in [0.25, 0.3) is 5.91 Å². The number of carboxylic acid groups (broad SMARTS) is 1. The monoisotopic (exact) mass is 339 g/mol. The number of benzene rings is 1. The lowest BCUT2D eigenvalue weighted by molar-refractivity contribution is 0.0689. The van der Waals surface area contributed by atoms with E-state index in [9.17, 15) is 9.59 Å². The maximum absolute atomic E-state index is 12.2. The second-order valence-corrected chi connectivity index (χ2v) is 4.92. The highest BCUT2D eigenvalue weighted by atomic mass is 16.5. The first-order valence-electron chi connectivity index (χ1n) is 7.15. The van der Waals surface area contributed by atoms with Crippen molar-refractivity contribution in [3.8, 4) is 11.6 Å². The van der Waals surface area contributed by atoms with Gasteiger partial charge in [-0.3, -0.25) is 4.79 Å². The van der Waals surface area contributed by atoms with Gasteiger partial charge < -0.3 is 15.2 Å². The van der Waals surface area contributed by atoms with E-state index in [1.165, 1.54) is 36.2 Å². The summed E-state index contributed by atoms with van der Waals surface area (Å²) < 4.78 is 6.30. The highest BCUT2D eigenvalue weighted by Gasteiger charge is 2.11. The summed E-state index contributed by atoms with van der Waals surface area (Å²) in [5.41, 5.74) is 1.18. The molecule has 1 amide bonds. The van der Waals surface area contributed by atoms with Crippen LogP contribution >= 0.6 is 0 Å². The quantitative estimate of drug-likeness (QED) is 0.725. The molecule has 2 N–H and O–H groups in total. The lowest BCUT2D eigenvalue weighted by Gasteiger charge is -2.07. The molecule has 3 aromatic rings. The van der Waals surface area contributed by atoms with E-state index in [0.29, 0.717) is 17.3 Å². The van der Waals surface area contributed by atoms with Gasteiger partial charge in [-0.15, -0.1) is 10.2 Å². The number of aromatic carboxylic acids is 1. The van der Waals surface area contributed by atoms with Gasteiger partial charge in [0, 0.05) is 18.0 Å². The molecule has 0 aliphatic heterocycles. The first-order valence-corrected chi connectivity index (χ1v) is 7.15. The number of hydrogen-bond acceptors (Lipinski definition) is 6. The Hall–Kier alpha value is -3.75. The van der Waals surface area contributed by atoms with Crippen molar-refractivity contribution in [2.24, 2.45) is 0 Å². The number of amides is 1. The van der Waals surface area contributed by atoms with Gasteiger partial charge in [0.2, 0.25) is 5.88 Å². The molecule has 2 aromatic heterocycles. The molecule has 0 saturated carbocycles. The van der Waals surface area contributed by atoms with Gasteiger partial charge in [0.05, 0.1) is 12.8 Å². The van der Waals surface area contributed by atoms with Crippen molar-refractivity contribution in [3.63, 3.8) is 0 Å². The molecule has 0 bridgehead atoms. The summed E-state index contributed by atoms with van der Waals surface area (Å²) in [6.07, 6.45) is 1.53. The first kappa shape index (κ1) is 16.1. The van der Waals surface area contributed by atoms with E-state index in [1.54, 1.807) is 24.3 Å². The summed E-state index contributed by atoms with van der Waals surface area (Å²) in [5.74, 6) is -1.23. The lowest BCUT2D eigenvalue weighted by Crippen LogP contribution is -2.14. The molecule has 0 aliphatic carbocycles. The van der Waals surface area contributed by atoms with E-state index in [1.807, 2.05) is 0 Å². The Balaban J connectivity index is 1.78. The molecule has 9 nitrogen and oxygen atoms in total. The molecule has 0 aliphatic rings. The smallest absolute Gasteiger partial charge is 0.356 e. The van der Waals surface area contributed by atoms with Crippen LogP contribution < -0.4 is 10.1 Å². The van der Waals surface area contributed by atoms with Gasteiger partial charge in [-0.1, -0.05) is 6.07 Å². The van der Waals surface area contributed by atoms with Crippen molar-refractivity contribution in [1.29, 1.82) is 0 Å². The number of ether oxygens (including phenoxy) is 1. The topological polar surface area (TPSA) is 119 Å².